The Hall–Kier alpha value is -0.970. The molecule has 13 heavy (non-hydrogen) atoms. The lowest BCUT2D eigenvalue weighted by atomic mass is 10.0. The third-order valence-electron chi connectivity index (χ3n) is 2.01. The molecular formula is C9H16N4. The average Bonchev–Trinajstić information content (AvgIpc) is 2.21. The van der Waals surface area contributed by atoms with Gasteiger partial charge >= 0.3 is 0 Å². The summed E-state index contributed by atoms with van der Waals surface area (Å²) in [5, 5.41) is 0. The lowest BCUT2D eigenvalue weighted by Gasteiger charge is -2.15. The average molecular weight is 180 g/mol. The molecule has 0 aliphatic heterocycles. The molecule has 1 aromatic rings. The van der Waals surface area contributed by atoms with Gasteiger partial charge in [-0.15, -0.1) is 0 Å². The van der Waals surface area contributed by atoms with Gasteiger partial charge in [0, 0.05) is 18.4 Å². The van der Waals surface area contributed by atoms with Crippen LogP contribution in [0.4, 0.5) is 0 Å². The van der Waals surface area contributed by atoms with Crippen LogP contribution in [0.15, 0.2) is 24.5 Å². The zero-order chi connectivity index (χ0) is 9.52. The van der Waals surface area contributed by atoms with Crippen molar-refractivity contribution in [2.45, 2.75) is 18.9 Å². The molecule has 0 aliphatic rings. The van der Waals surface area contributed by atoms with Crippen LogP contribution in [0.2, 0.25) is 0 Å². The summed E-state index contributed by atoms with van der Waals surface area (Å²) in [6, 6.07) is 4.11. The first kappa shape index (κ1) is 10.1. The Morgan fingerprint density at radius 1 is 1.38 bits per heavy atom. The summed E-state index contributed by atoms with van der Waals surface area (Å²) in [5.41, 5.74) is 9.36. The van der Waals surface area contributed by atoms with Crippen LogP contribution in [-0.2, 0) is 0 Å². The topological polar surface area (TPSA) is 77.0 Å². The second-order valence-electron chi connectivity index (χ2n) is 2.93. The Morgan fingerprint density at radius 3 is 2.62 bits per heavy atom. The van der Waals surface area contributed by atoms with E-state index in [-0.39, 0.29) is 6.04 Å². The Balaban J connectivity index is 2.56. The third kappa shape index (κ3) is 3.10. The minimum absolute atomic E-state index is 0.187. The van der Waals surface area contributed by atoms with E-state index in [0.29, 0.717) is 6.54 Å². The van der Waals surface area contributed by atoms with Crippen molar-refractivity contribution in [2.24, 2.45) is 11.6 Å². The fourth-order valence-corrected chi connectivity index (χ4v) is 1.26. The standard InChI is InChI=1S/C9H16N4/c10-5-1-2-9(13-11)8-3-6-12-7-4-8/h3-4,6-7,9,13H,1-2,5,10-11H2. The van der Waals surface area contributed by atoms with Gasteiger partial charge in [0.1, 0.15) is 0 Å². The normalized spacial score (nSPS) is 12.8. The third-order valence-corrected chi connectivity index (χ3v) is 2.01. The largest absolute Gasteiger partial charge is 0.330 e. The summed E-state index contributed by atoms with van der Waals surface area (Å²) in [6.07, 6.45) is 5.46. The molecule has 0 saturated heterocycles. The van der Waals surface area contributed by atoms with Crippen LogP contribution in [0.25, 0.3) is 0 Å². The first-order valence-electron chi connectivity index (χ1n) is 4.44. The molecule has 0 saturated carbocycles. The van der Waals surface area contributed by atoms with E-state index in [9.17, 15) is 0 Å². The second kappa shape index (κ2) is 5.64. The number of rotatable bonds is 5. The molecule has 1 heterocycles. The summed E-state index contributed by atoms with van der Waals surface area (Å²) in [6.45, 7) is 0.698. The smallest absolute Gasteiger partial charge is 0.0461 e. The van der Waals surface area contributed by atoms with Gasteiger partial charge in [-0.05, 0) is 37.1 Å². The highest BCUT2D eigenvalue weighted by atomic mass is 15.2. The number of hydrogen-bond donors (Lipinski definition) is 3. The lowest BCUT2D eigenvalue weighted by Crippen LogP contribution is -2.28. The van der Waals surface area contributed by atoms with Crippen LogP contribution in [0, 0.1) is 0 Å². The molecule has 4 nitrogen and oxygen atoms in total. The van der Waals surface area contributed by atoms with Crippen LogP contribution in [0.3, 0.4) is 0 Å². The van der Waals surface area contributed by atoms with Gasteiger partial charge in [-0.3, -0.25) is 16.3 Å². The van der Waals surface area contributed by atoms with Gasteiger partial charge in [0.15, 0.2) is 0 Å². The van der Waals surface area contributed by atoms with E-state index < -0.39 is 0 Å². The van der Waals surface area contributed by atoms with Gasteiger partial charge in [0.05, 0.1) is 0 Å². The van der Waals surface area contributed by atoms with Crippen LogP contribution < -0.4 is 17.0 Å². The molecule has 72 valence electrons. The molecule has 0 aromatic carbocycles. The molecule has 0 fully saturated rings. The summed E-state index contributed by atoms with van der Waals surface area (Å²) in [7, 11) is 0. The van der Waals surface area contributed by atoms with Crippen molar-refractivity contribution < 1.29 is 0 Å². The summed E-state index contributed by atoms with van der Waals surface area (Å²) >= 11 is 0. The Labute approximate surface area is 78.3 Å². The SMILES string of the molecule is NCCCC(NN)c1ccncc1. The number of hydrazine groups is 1. The maximum Gasteiger partial charge on any atom is 0.0461 e. The van der Waals surface area contributed by atoms with Gasteiger partial charge < -0.3 is 5.73 Å². The van der Waals surface area contributed by atoms with E-state index >= 15 is 0 Å². The van der Waals surface area contributed by atoms with Crippen molar-refractivity contribution >= 4 is 0 Å². The quantitative estimate of drug-likeness (QED) is 0.450. The molecule has 5 N–H and O–H groups in total. The van der Waals surface area contributed by atoms with Crippen molar-refractivity contribution in [3.8, 4) is 0 Å². The minimum atomic E-state index is 0.187. The minimum Gasteiger partial charge on any atom is -0.330 e. The molecule has 0 amide bonds. The molecule has 4 heteroatoms. The number of nitrogens with zero attached hydrogens (tertiary/aromatic N) is 1. The number of hydrogen-bond acceptors (Lipinski definition) is 4. The van der Waals surface area contributed by atoms with Crippen molar-refractivity contribution in [1.29, 1.82) is 0 Å². The predicted octanol–water partition coefficient (Wildman–Crippen LogP) is 0.325. The first-order chi connectivity index (χ1) is 6.38. The number of nitrogens with one attached hydrogen (secondary N) is 1. The van der Waals surface area contributed by atoms with E-state index in [1.54, 1.807) is 12.4 Å². The number of aromatic nitrogens is 1. The molecule has 1 atom stereocenters. The highest BCUT2D eigenvalue weighted by molar-refractivity contribution is 5.14. The van der Waals surface area contributed by atoms with Crippen molar-refractivity contribution in [2.75, 3.05) is 6.54 Å². The molecule has 1 rings (SSSR count). The van der Waals surface area contributed by atoms with Crippen LogP contribution >= 0.6 is 0 Å². The summed E-state index contributed by atoms with van der Waals surface area (Å²) in [5.74, 6) is 5.43. The highest BCUT2D eigenvalue weighted by Crippen LogP contribution is 2.15. The molecule has 0 radical (unpaired) electrons. The summed E-state index contributed by atoms with van der Waals surface area (Å²) < 4.78 is 0. The van der Waals surface area contributed by atoms with E-state index in [2.05, 4.69) is 10.4 Å². The molecular weight excluding hydrogens is 164 g/mol. The molecule has 1 unspecified atom stereocenters. The van der Waals surface area contributed by atoms with E-state index in [1.165, 1.54) is 0 Å². The monoisotopic (exact) mass is 180 g/mol. The lowest BCUT2D eigenvalue weighted by molar-refractivity contribution is 0.501. The van der Waals surface area contributed by atoms with E-state index in [1.807, 2.05) is 12.1 Å². The van der Waals surface area contributed by atoms with Gasteiger partial charge in [-0.25, -0.2) is 0 Å². The van der Waals surface area contributed by atoms with Crippen molar-refractivity contribution in [3.05, 3.63) is 30.1 Å². The van der Waals surface area contributed by atoms with Crippen molar-refractivity contribution in [3.63, 3.8) is 0 Å². The van der Waals surface area contributed by atoms with Gasteiger partial charge in [-0.2, -0.15) is 0 Å². The zero-order valence-electron chi connectivity index (χ0n) is 7.61. The van der Waals surface area contributed by atoms with E-state index in [0.717, 1.165) is 18.4 Å². The number of nitrogens with two attached hydrogens (primary N) is 2. The predicted molar refractivity (Wildman–Crippen MR) is 52.6 cm³/mol. The van der Waals surface area contributed by atoms with Gasteiger partial charge in [0.2, 0.25) is 0 Å². The van der Waals surface area contributed by atoms with Gasteiger partial charge in [0.25, 0.3) is 0 Å². The maximum absolute atomic E-state index is 5.43. The van der Waals surface area contributed by atoms with E-state index in [4.69, 9.17) is 11.6 Å². The Morgan fingerprint density at radius 2 is 2.08 bits per heavy atom. The molecule has 0 aliphatic carbocycles. The van der Waals surface area contributed by atoms with Crippen molar-refractivity contribution in [1.82, 2.24) is 10.4 Å². The molecule has 0 bridgehead atoms. The molecule has 1 aromatic heterocycles. The number of pyridine rings is 1. The fraction of sp³-hybridized carbons (Fsp3) is 0.444. The maximum atomic E-state index is 5.43. The highest BCUT2D eigenvalue weighted by Gasteiger charge is 2.07. The summed E-state index contributed by atoms with van der Waals surface area (Å²) in [4.78, 5) is 3.95. The van der Waals surface area contributed by atoms with Crippen LogP contribution in [-0.4, -0.2) is 11.5 Å². The second-order valence-corrected chi connectivity index (χ2v) is 2.93. The Bertz CT molecular complexity index is 224. The van der Waals surface area contributed by atoms with Crippen LogP contribution in [0.5, 0.6) is 0 Å². The zero-order valence-corrected chi connectivity index (χ0v) is 7.61. The molecule has 0 spiro atoms. The first-order valence-corrected chi connectivity index (χ1v) is 4.44. The fourth-order valence-electron chi connectivity index (χ4n) is 1.26. The Kier molecular flexibility index (Phi) is 4.39. The van der Waals surface area contributed by atoms with Crippen LogP contribution in [0.1, 0.15) is 24.4 Å². The van der Waals surface area contributed by atoms with Gasteiger partial charge in [-0.1, -0.05) is 0 Å².